The van der Waals surface area contributed by atoms with Crippen molar-refractivity contribution in [2.24, 2.45) is 0 Å². The number of aromatic nitrogens is 4. The molecule has 0 bridgehead atoms. The Hall–Kier alpha value is -2.27. The predicted octanol–water partition coefficient (Wildman–Crippen LogP) is 3.85. The Labute approximate surface area is 120 Å². The summed E-state index contributed by atoms with van der Waals surface area (Å²) < 4.78 is 0. The molecule has 2 heterocycles. The van der Waals surface area contributed by atoms with Crippen molar-refractivity contribution in [2.45, 2.75) is 5.16 Å². The molecule has 4 rings (SSSR count). The summed E-state index contributed by atoms with van der Waals surface area (Å²) in [6.07, 6.45) is 3.71. The Morgan fingerprint density at radius 2 is 1.60 bits per heavy atom. The summed E-state index contributed by atoms with van der Waals surface area (Å²) >= 11 is 1.63. The number of hydrogen-bond donors (Lipinski definition) is 2. The summed E-state index contributed by atoms with van der Waals surface area (Å²) in [5, 5.41) is 0.978. The van der Waals surface area contributed by atoms with E-state index < -0.39 is 0 Å². The standard InChI is InChI=1S/C8H8N2S.C7H6N2/c1-11-8-9-6-4-2-3-5-7(6)10-8;1-2-4-7-6(3-1)8-5-9-7/h2-5H,1H3,(H,9,10);1-5H,(H,8,9). The van der Waals surface area contributed by atoms with Gasteiger partial charge in [-0.05, 0) is 30.5 Å². The first-order valence-corrected chi connectivity index (χ1v) is 7.46. The van der Waals surface area contributed by atoms with Crippen molar-refractivity contribution in [3.63, 3.8) is 0 Å². The highest BCUT2D eigenvalue weighted by atomic mass is 32.2. The number of thioether (sulfide) groups is 1. The maximum atomic E-state index is 4.34. The van der Waals surface area contributed by atoms with Gasteiger partial charge >= 0.3 is 0 Å². The molecule has 4 nitrogen and oxygen atoms in total. The molecule has 0 radical (unpaired) electrons. The van der Waals surface area contributed by atoms with Crippen LogP contribution in [0.3, 0.4) is 0 Å². The summed E-state index contributed by atoms with van der Waals surface area (Å²) in [7, 11) is 0. The van der Waals surface area contributed by atoms with Crippen LogP contribution >= 0.6 is 11.8 Å². The van der Waals surface area contributed by atoms with Crippen LogP contribution < -0.4 is 0 Å². The number of benzene rings is 2. The van der Waals surface area contributed by atoms with E-state index >= 15 is 0 Å². The van der Waals surface area contributed by atoms with Gasteiger partial charge in [0.1, 0.15) is 0 Å². The molecule has 0 fully saturated rings. The quantitative estimate of drug-likeness (QED) is 0.521. The Bertz CT molecular complexity index is 755. The molecule has 0 saturated heterocycles. The lowest BCUT2D eigenvalue weighted by atomic mass is 10.3. The number of imidazole rings is 2. The molecule has 0 aliphatic heterocycles. The van der Waals surface area contributed by atoms with E-state index in [0.29, 0.717) is 0 Å². The topological polar surface area (TPSA) is 57.4 Å². The number of nitrogens with zero attached hydrogens (tertiary/aromatic N) is 2. The maximum absolute atomic E-state index is 4.34. The van der Waals surface area contributed by atoms with Crippen molar-refractivity contribution in [2.75, 3.05) is 6.26 Å². The fraction of sp³-hybridized carbons (Fsp3) is 0.0667. The first-order chi connectivity index (χ1) is 9.86. The van der Waals surface area contributed by atoms with E-state index in [2.05, 4.69) is 19.9 Å². The molecule has 2 aromatic heterocycles. The van der Waals surface area contributed by atoms with Crippen molar-refractivity contribution < 1.29 is 0 Å². The van der Waals surface area contributed by atoms with Crippen LogP contribution in [0.15, 0.2) is 60.0 Å². The zero-order valence-corrected chi connectivity index (χ0v) is 11.8. The van der Waals surface area contributed by atoms with Crippen molar-refractivity contribution in [1.82, 2.24) is 19.9 Å². The van der Waals surface area contributed by atoms with Crippen molar-refractivity contribution in [3.8, 4) is 0 Å². The molecule has 0 aliphatic rings. The molecule has 0 unspecified atom stereocenters. The van der Waals surface area contributed by atoms with Gasteiger partial charge in [-0.15, -0.1) is 0 Å². The Morgan fingerprint density at radius 1 is 0.900 bits per heavy atom. The fourth-order valence-corrected chi connectivity index (χ4v) is 2.31. The minimum absolute atomic E-state index is 0.978. The van der Waals surface area contributed by atoms with E-state index in [1.165, 1.54) is 0 Å². The molecule has 100 valence electrons. The highest BCUT2D eigenvalue weighted by molar-refractivity contribution is 7.98. The van der Waals surface area contributed by atoms with Crippen molar-refractivity contribution in [3.05, 3.63) is 54.9 Å². The van der Waals surface area contributed by atoms with Crippen molar-refractivity contribution >= 4 is 33.8 Å². The fourth-order valence-electron chi connectivity index (χ4n) is 1.91. The lowest BCUT2D eigenvalue weighted by Gasteiger charge is -1.81. The van der Waals surface area contributed by atoms with E-state index in [1.807, 2.05) is 54.8 Å². The zero-order valence-electron chi connectivity index (χ0n) is 11.0. The van der Waals surface area contributed by atoms with E-state index in [0.717, 1.165) is 27.2 Å². The predicted molar refractivity (Wildman–Crippen MR) is 84.0 cm³/mol. The first-order valence-electron chi connectivity index (χ1n) is 6.23. The third kappa shape index (κ3) is 2.67. The Morgan fingerprint density at radius 3 is 2.30 bits per heavy atom. The second-order valence-electron chi connectivity index (χ2n) is 4.18. The van der Waals surface area contributed by atoms with Crippen LogP contribution in [0.5, 0.6) is 0 Å². The molecule has 2 aromatic carbocycles. The van der Waals surface area contributed by atoms with Crippen LogP contribution in [0.1, 0.15) is 0 Å². The first kappa shape index (κ1) is 12.7. The summed E-state index contributed by atoms with van der Waals surface area (Å²) in [5.74, 6) is 0. The number of aromatic amines is 2. The summed E-state index contributed by atoms with van der Waals surface area (Å²) in [4.78, 5) is 14.6. The van der Waals surface area contributed by atoms with Crippen LogP contribution in [0.25, 0.3) is 22.1 Å². The molecule has 0 amide bonds. The monoisotopic (exact) mass is 282 g/mol. The van der Waals surface area contributed by atoms with Gasteiger partial charge in [-0.1, -0.05) is 36.0 Å². The number of rotatable bonds is 1. The molecule has 4 aromatic rings. The molecule has 0 aliphatic carbocycles. The molecule has 20 heavy (non-hydrogen) atoms. The number of nitrogens with one attached hydrogen (secondary N) is 2. The number of para-hydroxylation sites is 4. The van der Waals surface area contributed by atoms with E-state index in [9.17, 15) is 0 Å². The summed E-state index contributed by atoms with van der Waals surface area (Å²) in [6, 6.07) is 16.0. The van der Waals surface area contributed by atoms with Crippen LogP contribution in [0, 0.1) is 0 Å². The van der Waals surface area contributed by atoms with Gasteiger partial charge in [-0.3, -0.25) is 0 Å². The molecule has 5 heteroatoms. The number of fused-ring (bicyclic) bond motifs is 2. The van der Waals surface area contributed by atoms with Crippen molar-refractivity contribution in [1.29, 1.82) is 0 Å². The van der Waals surface area contributed by atoms with Crippen LogP contribution in [-0.4, -0.2) is 26.2 Å². The van der Waals surface area contributed by atoms with Gasteiger partial charge in [0.05, 0.1) is 28.4 Å². The van der Waals surface area contributed by atoms with Gasteiger partial charge in [0, 0.05) is 0 Å². The highest BCUT2D eigenvalue weighted by Crippen LogP contribution is 2.16. The molecule has 0 saturated carbocycles. The average Bonchev–Trinajstić information content (AvgIpc) is 3.13. The van der Waals surface area contributed by atoms with E-state index in [-0.39, 0.29) is 0 Å². The van der Waals surface area contributed by atoms with Gasteiger partial charge in [-0.2, -0.15) is 0 Å². The number of hydrogen-bond acceptors (Lipinski definition) is 3. The van der Waals surface area contributed by atoms with Crippen LogP contribution in [0.4, 0.5) is 0 Å². The summed E-state index contributed by atoms with van der Waals surface area (Å²) in [6.45, 7) is 0. The third-order valence-corrected chi connectivity index (χ3v) is 3.47. The molecular weight excluding hydrogens is 268 g/mol. The molecule has 2 N–H and O–H groups in total. The van der Waals surface area contributed by atoms with Crippen LogP contribution in [0.2, 0.25) is 0 Å². The second kappa shape index (κ2) is 5.79. The molecule has 0 atom stereocenters. The average molecular weight is 282 g/mol. The molecule has 0 spiro atoms. The van der Waals surface area contributed by atoms with Gasteiger partial charge < -0.3 is 9.97 Å². The normalized spacial score (nSPS) is 10.4. The maximum Gasteiger partial charge on any atom is 0.166 e. The van der Waals surface area contributed by atoms with Crippen LogP contribution in [-0.2, 0) is 0 Å². The number of H-pyrrole nitrogens is 2. The summed E-state index contributed by atoms with van der Waals surface area (Å²) in [5.41, 5.74) is 4.27. The lowest BCUT2D eigenvalue weighted by molar-refractivity contribution is 1.09. The minimum Gasteiger partial charge on any atom is -0.345 e. The van der Waals surface area contributed by atoms with E-state index in [4.69, 9.17) is 0 Å². The smallest absolute Gasteiger partial charge is 0.166 e. The third-order valence-electron chi connectivity index (χ3n) is 2.89. The second-order valence-corrected chi connectivity index (χ2v) is 4.98. The largest absolute Gasteiger partial charge is 0.345 e. The Kier molecular flexibility index (Phi) is 3.69. The van der Waals surface area contributed by atoms with Gasteiger partial charge in [0.2, 0.25) is 0 Å². The minimum atomic E-state index is 0.978. The highest BCUT2D eigenvalue weighted by Gasteiger charge is 1.97. The molecular formula is C15H14N4S. The zero-order chi connectivity index (χ0) is 13.8. The lowest BCUT2D eigenvalue weighted by Crippen LogP contribution is -1.67. The van der Waals surface area contributed by atoms with E-state index in [1.54, 1.807) is 18.1 Å². The van der Waals surface area contributed by atoms with Gasteiger partial charge in [0.15, 0.2) is 5.16 Å². The van der Waals surface area contributed by atoms with Gasteiger partial charge in [0.25, 0.3) is 0 Å². The Balaban J connectivity index is 0.000000123. The SMILES string of the molecule is CSc1nc2ccccc2[nH]1.c1ccc2[nH]cnc2c1. The van der Waals surface area contributed by atoms with Gasteiger partial charge in [-0.25, -0.2) is 9.97 Å².